The van der Waals surface area contributed by atoms with Crippen LogP contribution in [0.4, 0.5) is 0 Å². The average Bonchev–Trinajstić information content (AvgIpc) is 2.20. The summed E-state index contributed by atoms with van der Waals surface area (Å²) < 4.78 is 0.584. The van der Waals surface area contributed by atoms with Gasteiger partial charge < -0.3 is 0 Å². The number of aryl methyl sites for hydroxylation is 1. The molecule has 0 aliphatic heterocycles. The van der Waals surface area contributed by atoms with E-state index in [-0.39, 0.29) is 0 Å². The zero-order valence-corrected chi connectivity index (χ0v) is 10.3. The molecule has 0 heterocycles. The standard InChI is InChI=1S/C13H13I/c1-10-6-8-11(9-7-10)12-4-2-3-5-13(12)14/h2-9,12-13H,1H3. The molecule has 0 radical (unpaired) electrons. The second-order valence-corrected chi connectivity index (χ2v) is 5.09. The molecule has 1 aromatic rings. The van der Waals surface area contributed by atoms with Gasteiger partial charge in [-0.1, -0.05) is 76.7 Å². The summed E-state index contributed by atoms with van der Waals surface area (Å²) in [6.45, 7) is 2.13. The normalized spacial score (nSPS) is 25.3. The SMILES string of the molecule is Cc1ccc(C2C=CC=CC2I)cc1. The van der Waals surface area contributed by atoms with Crippen LogP contribution < -0.4 is 0 Å². The van der Waals surface area contributed by atoms with Crippen LogP contribution in [0.5, 0.6) is 0 Å². The van der Waals surface area contributed by atoms with Gasteiger partial charge in [-0.2, -0.15) is 0 Å². The van der Waals surface area contributed by atoms with Gasteiger partial charge in [0.15, 0.2) is 0 Å². The zero-order valence-electron chi connectivity index (χ0n) is 8.15. The minimum absolute atomic E-state index is 0.543. The van der Waals surface area contributed by atoms with Gasteiger partial charge in [-0.05, 0) is 12.5 Å². The Balaban J connectivity index is 2.27. The molecule has 0 saturated heterocycles. The Bertz CT molecular complexity index is 359. The molecule has 1 aromatic carbocycles. The van der Waals surface area contributed by atoms with E-state index in [1.165, 1.54) is 11.1 Å². The number of alkyl halides is 1. The molecule has 0 spiro atoms. The van der Waals surface area contributed by atoms with E-state index >= 15 is 0 Å². The minimum Gasteiger partial charge on any atom is -0.0771 e. The largest absolute Gasteiger partial charge is 0.0771 e. The molecule has 2 unspecified atom stereocenters. The number of allylic oxidation sites excluding steroid dienone is 4. The first-order chi connectivity index (χ1) is 6.77. The molecular formula is C13H13I. The highest BCUT2D eigenvalue weighted by Crippen LogP contribution is 2.30. The molecule has 1 aliphatic carbocycles. The lowest BCUT2D eigenvalue weighted by Gasteiger charge is -2.19. The summed E-state index contributed by atoms with van der Waals surface area (Å²) in [4.78, 5) is 0. The highest BCUT2D eigenvalue weighted by molar-refractivity contribution is 14.1. The smallest absolute Gasteiger partial charge is 0.0395 e. The number of hydrogen-bond acceptors (Lipinski definition) is 0. The first-order valence-electron chi connectivity index (χ1n) is 4.83. The number of rotatable bonds is 1. The second-order valence-electron chi connectivity index (χ2n) is 3.65. The Kier molecular flexibility index (Phi) is 3.06. The Morgan fingerprint density at radius 3 is 2.29 bits per heavy atom. The number of halogens is 1. The van der Waals surface area contributed by atoms with E-state index in [1.54, 1.807) is 0 Å². The third-order valence-corrected chi connectivity index (χ3v) is 3.72. The Hall–Kier alpha value is -0.570. The van der Waals surface area contributed by atoms with Gasteiger partial charge >= 0.3 is 0 Å². The fraction of sp³-hybridized carbons (Fsp3) is 0.231. The van der Waals surface area contributed by atoms with Gasteiger partial charge in [0, 0.05) is 9.84 Å². The molecule has 0 saturated carbocycles. The van der Waals surface area contributed by atoms with Crippen LogP contribution in [-0.2, 0) is 0 Å². The zero-order chi connectivity index (χ0) is 9.97. The van der Waals surface area contributed by atoms with Crippen LogP contribution >= 0.6 is 22.6 Å². The summed E-state index contributed by atoms with van der Waals surface area (Å²) in [7, 11) is 0. The number of hydrogen-bond donors (Lipinski definition) is 0. The summed E-state index contributed by atoms with van der Waals surface area (Å²) in [5, 5.41) is 0. The molecule has 0 N–H and O–H groups in total. The van der Waals surface area contributed by atoms with Crippen molar-refractivity contribution in [2.45, 2.75) is 16.8 Å². The summed E-state index contributed by atoms with van der Waals surface area (Å²) in [5.41, 5.74) is 2.74. The van der Waals surface area contributed by atoms with Crippen molar-refractivity contribution in [1.29, 1.82) is 0 Å². The van der Waals surface area contributed by atoms with Crippen LogP contribution in [0.2, 0.25) is 0 Å². The fourth-order valence-electron chi connectivity index (χ4n) is 1.66. The molecule has 0 aromatic heterocycles. The molecule has 2 atom stereocenters. The molecule has 0 nitrogen and oxygen atoms in total. The van der Waals surface area contributed by atoms with Gasteiger partial charge in [0.2, 0.25) is 0 Å². The summed E-state index contributed by atoms with van der Waals surface area (Å²) in [5.74, 6) is 0.543. The quantitative estimate of drug-likeness (QED) is 0.542. The van der Waals surface area contributed by atoms with Crippen molar-refractivity contribution < 1.29 is 0 Å². The third kappa shape index (κ3) is 2.08. The Morgan fingerprint density at radius 1 is 1.00 bits per heavy atom. The number of benzene rings is 1. The Labute approximate surface area is 98.9 Å². The molecule has 0 fully saturated rings. The maximum absolute atomic E-state index is 2.49. The monoisotopic (exact) mass is 296 g/mol. The second kappa shape index (κ2) is 4.30. The summed E-state index contributed by atoms with van der Waals surface area (Å²) >= 11 is 2.49. The third-order valence-electron chi connectivity index (χ3n) is 2.53. The van der Waals surface area contributed by atoms with Gasteiger partial charge in [0.1, 0.15) is 0 Å². The molecule has 72 valence electrons. The molecule has 2 rings (SSSR count). The maximum atomic E-state index is 2.49. The highest BCUT2D eigenvalue weighted by atomic mass is 127. The van der Waals surface area contributed by atoms with Gasteiger partial charge in [-0.25, -0.2) is 0 Å². The van der Waals surface area contributed by atoms with E-state index < -0.39 is 0 Å². The molecule has 0 bridgehead atoms. The van der Waals surface area contributed by atoms with Crippen molar-refractivity contribution in [3.05, 3.63) is 59.7 Å². The van der Waals surface area contributed by atoms with Crippen LogP contribution in [0.25, 0.3) is 0 Å². The molecule has 1 heteroatoms. The van der Waals surface area contributed by atoms with Crippen molar-refractivity contribution in [2.24, 2.45) is 0 Å². The highest BCUT2D eigenvalue weighted by Gasteiger charge is 2.16. The molecule has 1 aliphatic rings. The van der Waals surface area contributed by atoms with Crippen molar-refractivity contribution in [1.82, 2.24) is 0 Å². The van der Waals surface area contributed by atoms with Crippen LogP contribution in [0, 0.1) is 6.92 Å². The lowest BCUT2D eigenvalue weighted by Crippen LogP contribution is -2.09. The maximum Gasteiger partial charge on any atom is 0.0395 e. The lowest BCUT2D eigenvalue weighted by molar-refractivity contribution is 0.894. The van der Waals surface area contributed by atoms with Crippen LogP contribution in [0.15, 0.2) is 48.6 Å². The lowest BCUT2D eigenvalue weighted by atomic mass is 9.92. The van der Waals surface area contributed by atoms with E-state index in [9.17, 15) is 0 Å². The van der Waals surface area contributed by atoms with E-state index in [4.69, 9.17) is 0 Å². The topological polar surface area (TPSA) is 0 Å². The van der Waals surface area contributed by atoms with Gasteiger partial charge in [-0.3, -0.25) is 0 Å². The first kappa shape index (κ1) is 9.97. The van der Waals surface area contributed by atoms with Crippen LogP contribution in [0.1, 0.15) is 17.0 Å². The predicted octanol–water partition coefficient (Wildman–Crippen LogP) is 4.01. The molecule has 14 heavy (non-hydrogen) atoms. The van der Waals surface area contributed by atoms with Gasteiger partial charge in [0.25, 0.3) is 0 Å². The predicted molar refractivity (Wildman–Crippen MR) is 70.0 cm³/mol. The summed E-state index contributed by atoms with van der Waals surface area (Å²) in [6, 6.07) is 8.83. The van der Waals surface area contributed by atoms with E-state index in [1.807, 2.05) is 0 Å². The first-order valence-corrected chi connectivity index (χ1v) is 6.07. The van der Waals surface area contributed by atoms with Gasteiger partial charge in [-0.15, -0.1) is 0 Å². The van der Waals surface area contributed by atoms with Crippen LogP contribution in [0.3, 0.4) is 0 Å². The van der Waals surface area contributed by atoms with Crippen molar-refractivity contribution in [3.63, 3.8) is 0 Å². The van der Waals surface area contributed by atoms with Crippen molar-refractivity contribution in [3.8, 4) is 0 Å². The molecular weight excluding hydrogens is 283 g/mol. The van der Waals surface area contributed by atoms with E-state index in [0.717, 1.165) is 0 Å². The fourth-order valence-corrected chi connectivity index (χ4v) is 2.56. The van der Waals surface area contributed by atoms with Crippen LogP contribution in [-0.4, -0.2) is 3.92 Å². The summed E-state index contributed by atoms with van der Waals surface area (Å²) in [6.07, 6.45) is 8.80. The van der Waals surface area contributed by atoms with Crippen molar-refractivity contribution in [2.75, 3.05) is 0 Å². The van der Waals surface area contributed by atoms with E-state index in [2.05, 4.69) is 78.1 Å². The minimum atomic E-state index is 0.543. The van der Waals surface area contributed by atoms with Gasteiger partial charge in [0.05, 0.1) is 0 Å². The Morgan fingerprint density at radius 2 is 1.64 bits per heavy atom. The molecule has 0 amide bonds. The van der Waals surface area contributed by atoms with E-state index in [0.29, 0.717) is 9.84 Å². The average molecular weight is 296 g/mol. The van der Waals surface area contributed by atoms with Crippen molar-refractivity contribution >= 4 is 22.6 Å².